The molecule has 0 unspecified atom stereocenters. The number of hydrogen-bond acceptors (Lipinski definition) is 4. The van der Waals surface area contributed by atoms with E-state index in [1.54, 1.807) is 0 Å². The minimum Gasteiger partial charge on any atom is -0.258 e. The first-order valence-electron chi connectivity index (χ1n) is 7.34. The maximum Gasteiger partial charge on any atom is 0.461 e. The molecular weight excluding hydrogens is 583 g/mol. The Balaban J connectivity index is 3.01. The van der Waals surface area contributed by atoms with Crippen molar-refractivity contribution in [3.8, 4) is 0 Å². The lowest BCUT2D eigenvalue weighted by molar-refractivity contribution is -0.385. The monoisotopic (exact) mass is 588 g/mol. The Kier molecular flexibility index (Phi) is 6.27. The summed E-state index contributed by atoms with van der Waals surface area (Å²) in [5.74, 6) is -7.00. The van der Waals surface area contributed by atoms with Crippen LogP contribution < -0.4 is 0 Å². The van der Waals surface area contributed by atoms with E-state index >= 15 is 0 Å². The van der Waals surface area contributed by atoms with Gasteiger partial charge in [-0.25, -0.2) is 8.42 Å². The first-order chi connectivity index (χ1) is 13.4. The summed E-state index contributed by atoms with van der Waals surface area (Å²) >= 11 is 5.52. The molecule has 0 amide bonds. The summed E-state index contributed by atoms with van der Waals surface area (Å²) in [4.78, 5) is 10.1. The van der Waals surface area contributed by atoms with Gasteiger partial charge in [-0.3, -0.25) is 10.1 Å². The molecule has 1 aliphatic rings. The number of nitro benzene ring substituents is 1. The topological polar surface area (TPSA) is 77.3 Å². The van der Waals surface area contributed by atoms with Crippen molar-refractivity contribution in [1.82, 2.24) is 0 Å². The molecule has 0 atom stereocenters. The van der Waals surface area contributed by atoms with Gasteiger partial charge in [0.15, 0.2) is 0 Å². The van der Waals surface area contributed by atoms with E-state index in [1.807, 2.05) is 0 Å². The van der Waals surface area contributed by atoms with Crippen molar-refractivity contribution < 1.29 is 44.1 Å². The SMILES string of the molecule is O=[N+]([O-])c1ccccc1C1(S(=O)(=O)C(F)(F)C(F)(F)C(F)(F)F)C=C(Br)[CH]C(Br)=C1. The molecular formula is C15H7Br2F7NO4S. The fourth-order valence-corrected chi connectivity index (χ4v) is 6.36. The van der Waals surface area contributed by atoms with Gasteiger partial charge in [-0.05, 0) is 18.2 Å². The van der Waals surface area contributed by atoms with E-state index in [9.17, 15) is 49.3 Å². The van der Waals surface area contributed by atoms with Crippen LogP contribution >= 0.6 is 31.9 Å². The van der Waals surface area contributed by atoms with E-state index in [4.69, 9.17) is 0 Å². The molecule has 1 aromatic rings. The third-order valence-electron chi connectivity index (χ3n) is 4.01. The molecule has 15 heteroatoms. The summed E-state index contributed by atoms with van der Waals surface area (Å²) in [5, 5.41) is 4.62. The van der Waals surface area contributed by atoms with Crippen molar-refractivity contribution in [3.63, 3.8) is 0 Å². The van der Waals surface area contributed by atoms with Crippen molar-refractivity contribution in [2.24, 2.45) is 0 Å². The second-order valence-electron chi connectivity index (χ2n) is 5.86. The van der Waals surface area contributed by atoms with Crippen LogP contribution in [0, 0.1) is 16.5 Å². The van der Waals surface area contributed by atoms with Crippen LogP contribution in [-0.2, 0) is 14.6 Å². The van der Waals surface area contributed by atoms with E-state index in [2.05, 4.69) is 31.9 Å². The second-order valence-corrected chi connectivity index (χ2v) is 9.89. The van der Waals surface area contributed by atoms with E-state index in [0.29, 0.717) is 24.3 Å². The molecule has 0 spiro atoms. The highest BCUT2D eigenvalue weighted by molar-refractivity contribution is 9.12. The van der Waals surface area contributed by atoms with Gasteiger partial charge in [0.2, 0.25) is 9.84 Å². The fraction of sp³-hybridized carbons (Fsp3) is 0.267. The summed E-state index contributed by atoms with van der Waals surface area (Å²) < 4.78 is 116. The zero-order valence-electron chi connectivity index (χ0n) is 13.9. The molecule has 1 aliphatic carbocycles. The lowest BCUT2D eigenvalue weighted by Gasteiger charge is -2.37. The summed E-state index contributed by atoms with van der Waals surface area (Å²) in [6.45, 7) is 0. The second kappa shape index (κ2) is 7.58. The van der Waals surface area contributed by atoms with Crippen LogP contribution in [0.2, 0.25) is 0 Å². The zero-order chi connectivity index (χ0) is 23.3. The molecule has 0 N–H and O–H groups in total. The molecule has 0 fully saturated rings. The van der Waals surface area contributed by atoms with Crippen LogP contribution in [0.25, 0.3) is 0 Å². The highest BCUT2D eigenvalue weighted by Crippen LogP contribution is 2.56. The Morgan fingerprint density at radius 2 is 1.40 bits per heavy atom. The number of para-hydroxylation sites is 1. The Morgan fingerprint density at radius 3 is 1.83 bits per heavy atom. The van der Waals surface area contributed by atoms with Gasteiger partial charge in [0, 0.05) is 21.5 Å². The van der Waals surface area contributed by atoms with Gasteiger partial charge < -0.3 is 0 Å². The average molecular weight is 590 g/mol. The summed E-state index contributed by atoms with van der Waals surface area (Å²) in [5.41, 5.74) is -2.16. The van der Waals surface area contributed by atoms with Crippen LogP contribution in [0.1, 0.15) is 5.56 Å². The fourth-order valence-electron chi connectivity index (χ4n) is 2.63. The lowest BCUT2D eigenvalue weighted by Crippen LogP contribution is -2.60. The number of hydrogen-bond donors (Lipinski definition) is 0. The highest BCUT2D eigenvalue weighted by Gasteiger charge is 2.81. The molecule has 1 radical (unpaired) electrons. The third kappa shape index (κ3) is 3.57. The van der Waals surface area contributed by atoms with E-state index in [0.717, 1.165) is 18.6 Å². The highest BCUT2D eigenvalue weighted by atomic mass is 79.9. The Morgan fingerprint density at radius 1 is 0.933 bits per heavy atom. The Hall–Kier alpha value is -1.48. The van der Waals surface area contributed by atoms with E-state index in [-0.39, 0.29) is 8.96 Å². The minimum atomic E-state index is -7.00. The van der Waals surface area contributed by atoms with Gasteiger partial charge in [-0.2, -0.15) is 30.7 Å². The normalized spacial score (nSPS) is 17.9. The number of sulfone groups is 1. The van der Waals surface area contributed by atoms with Crippen molar-refractivity contribution in [3.05, 3.63) is 67.5 Å². The number of rotatable bonds is 5. The number of nitrogens with zero attached hydrogens (tertiary/aromatic N) is 1. The number of halogens is 9. The minimum absolute atomic E-state index is 0.329. The molecule has 165 valence electrons. The van der Waals surface area contributed by atoms with Crippen LogP contribution in [0.15, 0.2) is 45.4 Å². The van der Waals surface area contributed by atoms with Crippen molar-refractivity contribution in [2.75, 3.05) is 0 Å². The summed E-state index contributed by atoms with van der Waals surface area (Å²) in [7, 11) is -6.88. The molecule has 0 heterocycles. The summed E-state index contributed by atoms with van der Waals surface area (Å²) in [6, 6.07) is 3.35. The van der Waals surface area contributed by atoms with Crippen molar-refractivity contribution >= 4 is 47.4 Å². The van der Waals surface area contributed by atoms with E-state index in [1.165, 1.54) is 0 Å². The van der Waals surface area contributed by atoms with Gasteiger partial charge in [0.25, 0.3) is 5.69 Å². The first kappa shape index (κ1) is 24.8. The number of nitro groups is 1. The largest absolute Gasteiger partial charge is 0.461 e. The molecule has 0 aromatic heterocycles. The molecule has 0 saturated heterocycles. The molecule has 1 aromatic carbocycles. The lowest BCUT2D eigenvalue weighted by atomic mass is 9.92. The molecule has 0 bridgehead atoms. The van der Waals surface area contributed by atoms with Gasteiger partial charge >= 0.3 is 17.4 Å². The Labute approximate surface area is 181 Å². The van der Waals surface area contributed by atoms with Crippen molar-refractivity contribution in [1.29, 1.82) is 0 Å². The molecule has 30 heavy (non-hydrogen) atoms. The van der Waals surface area contributed by atoms with Crippen LogP contribution in [0.3, 0.4) is 0 Å². The van der Waals surface area contributed by atoms with Crippen molar-refractivity contribution in [2.45, 2.75) is 22.1 Å². The Bertz CT molecular complexity index is 1030. The maximum atomic E-state index is 14.5. The van der Waals surface area contributed by atoms with E-state index < -0.39 is 48.1 Å². The van der Waals surface area contributed by atoms with Crippen LogP contribution in [0.4, 0.5) is 36.4 Å². The zero-order valence-corrected chi connectivity index (χ0v) is 17.9. The first-order valence-corrected chi connectivity index (χ1v) is 10.4. The molecule has 5 nitrogen and oxygen atoms in total. The van der Waals surface area contributed by atoms with Crippen LogP contribution in [0.5, 0.6) is 0 Å². The smallest absolute Gasteiger partial charge is 0.258 e. The van der Waals surface area contributed by atoms with Gasteiger partial charge in [-0.15, -0.1) is 0 Å². The summed E-state index contributed by atoms with van der Waals surface area (Å²) in [6.07, 6.45) is -5.12. The number of benzene rings is 1. The third-order valence-corrected chi connectivity index (χ3v) is 7.20. The number of alkyl halides is 7. The average Bonchev–Trinajstić information content (AvgIpc) is 2.59. The predicted molar refractivity (Wildman–Crippen MR) is 98.0 cm³/mol. The molecule has 2 rings (SSSR count). The quantitative estimate of drug-likeness (QED) is 0.248. The van der Waals surface area contributed by atoms with Gasteiger partial charge in [0.1, 0.15) is 4.75 Å². The van der Waals surface area contributed by atoms with Crippen LogP contribution in [-0.4, -0.2) is 30.7 Å². The molecule has 0 saturated carbocycles. The maximum absolute atomic E-state index is 14.5. The number of allylic oxidation sites excluding steroid dienone is 2. The molecule has 0 aliphatic heterocycles. The standard InChI is InChI=1S/C15H7Br2F7NO4S/c16-8-5-9(17)7-12(6-8,10-3-1-2-4-11(10)25(26)27)30(28,29)15(23,24)13(18,19)14(20,21)22/h1-7H. The predicted octanol–water partition coefficient (Wildman–Crippen LogP) is 5.77. The van der Waals surface area contributed by atoms with Gasteiger partial charge in [-0.1, -0.05) is 44.0 Å². The van der Waals surface area contributed by atoms with Gasteiger partial charge in [0.05, 0.1) is 10.5 Å².